The van der Waals surface area contributed by atoms with Gasteiger partial charge in [0.1, 0.15) is 5.82 Å². The summed E-state index contributed by atoms with van der Waals surface area (Å²) in [5.74, 6) is 1.13. The Kier molecular flexibility index (Phi) is 4.76. The first-order chi connectivity index (χ1) is 10.3. The molecule has 21 heavy (non-hydrogen) atoms. The van der Waals surface area contributed by atoms with Gasteiger partial charge in [0, 0.05) is 45.5 Å². The highest BCUT2D eigenvalue weighted by atomic mass is 15.3. The Morgan fingerprint density at radius 1 is 1.24 bits per heavy atom. The van der Waals surface area contributed by atoms with Crippen molar-refractivity contribution in [3.05, 3.63) is 24.4 Å². The van der Waals surface area contributed by atoms with Crippen molar-refractivity contribution in [1.82, 2.24) is 15.2 Å². The third-order valence-corrected chi connectivity index (χ3v) is 5.02. The van der Waals surface area contributed by atoms with Gasteiger partial charge >= 0.3 is 0 Å². The minimum absolute atomic E-state index is 0.530. The molecule has 0 bridgehead atoms. The van der Waals surface area contributed by atoms with Gasteiger partial charge in [-0.25, -0.2) is 4.98 Å². The minimum atomic E-state index is 0.530. The molecule has 2 fully saturated rings. The van der Waals surface area contributed by atoms with Gasteiger partial charge in [-0.05, 0) is 36.9 Å². The minimum Gasteiger partial charge on any atom is -0.354 e. The van der Waals surface area contributed by atoms with Gasteiger partial charge in [0.05, 0.1) is 0 Å². The average molecular weight is 288 g/mol. The Hall–Kier alpha value is -1.13. The number of nitrogens with zero attached hydrogens (tertiary/aromatic N) is 3. The lowest BCUT2D eigenvalue weighted by Gasteiger charge is -2.40. The smallest absolute Gasteiger partial charge is 0.128 e. The number of nitrogens with one attached hydrogen (secondary N) is 1. The highest BCUT2D eigenvalue weighted by molar-refractivity contribution is 5.38. The van der Waals surface area contributed by atoms with Crippen LogP contribution in [0.5, 0.6) is 0 Å². The molecule has 2 saturated heterocycles. The molecule has 4 nitrogen and oxygen atoms in total. The topological polar surface area (TPSA) is 31.4 Å². The molecule has 1 aromatic rings. The molecule has 1 unspecified atom stereocenters. The Balaban J connectivity index is 1.53. The van der Waals surface area contributed by atoms with Crippen molar-refractivity contribution in [2.75, 3.05) is 50.7 Å². The summed E-state index contributed by atoms with van der Waals surface area (Å²) in [7, 11) is 0. The van der Waals surface area contributed by atoms with E-state index in [0.717, 1.165) is 18.9 Å². The highest BCUT2D eigenvalue weighted by Gasteiger charge is 2.35. The summed E-state index contributed by atoms with van der Waals surface area (Å²) >= 11 is 0. The van der Waals surface area contributed by atoms with Crippen molar-refractivity contribution >= 4 is 5.82 Å². The molecule has 3 rings (SSSR count). The second kappa shape index (κ2) is 6.75. The van der Waals surface area contributed by atoms with E-state index in [1.165, 1.54) is 52.0 Å². The normalized spacial score (nSPS) is 27.2. The first-order valence-corrected chi connectivity index (χ1v) is 8.40. The summed E-state index contributed by atoms with van der Waals surface area (Å²) in [5.41, 5.74) is 0.530. The Morgan fingerprint density at radius 3 is 2.71 bits per heavy atom. The Morgan fingerprint density at radius 2 is 2.10 bits per heavy atom. The molecule has 2 aliphatic rings. The summed E-state index contributed by atoms with van der Waals surface area (Å²) in [6.07, 6.45) is 5.90. The number of hydrogen-bond acceptors (Lipinski definition) is 4. The maximum absolute atomic E-state index is 4.47. The van der Waals surface area contributed by atoms with Crippen molar-refractivity contribution in [2.45, 2.75) is 26.2 Å². The molecule has 0 amide bonds. The number of aromatic nitrogens is 1. The van der Waals surface area contributed by atoms with Gasteiger partial charge in [-0.15, -0.1) is 0 Å². The van der Waals surface area contributed by atoms with E-state index in [0.29, 0.717) is 5.41 Å². The lowest BCUT2D eigenvalue weighted by Crippen LogP contribution is -2.50. The molecule has 0 saturated carbocycles. The van der Waals surface area contributed by atoms with Gasteiger partial charge in [-0.1, -0.05) is 19.4 Å². The number of pyridine rings is 1. The quantitative estimate of drug-likeness (QED) is 0.898. The third kappa shape index (κ3) is 3.55. The second-order valence-electron chi connectivity index (χ2n) is 6.63. The van der Waals surface area contributed by atoms with Crippen LogP contribution in [-0.4, -0.2) is 55.7 Å². The molecule has 1 N–H and O–H groups in total. The highest BCUT2D eigenvalue weighted by Crippen LogP contribution is 2.32. The predicted octanol–water partition coefficient (Wildman–Crippen LogP) is 1.98. The zero-order valence-corrected chi connectivity index (χ0v) is 13.2. The van der Waals surface area contributed by atoms with Crippen LogP contribution in [0, 0.1) is 5.41 Å². The second-order valence-corrected chi connectivity index (χ2v) is 6.63. The molecule has 1 atom stereocenters. The van der Waals surface area contributed by atoms with E-state index in [4.69, 9.17) is 0 Å². The van der Waals surface area contributed by atoms with E-state index in [1.807, 2.05) is 12.3 Å². The van der Waals surface area contributed by atoms with Crippen molar-refractivity contribution in [3.8, 4) is 0 Å². The van der Waals surface area contributed by atoms with E-state index in [1.54, 1.807) is 0 Å². The van der Waals surface area contributed by atoms with Crippen LogP contribution >= 0.6 is 0 Å². The molecule has 3 heterocycles. The van der Waals surface area contributed by atoms with Crippen molar-refractivity contribution in [3.63, 3.8) is 0 Å². The molecule has 0 aromatic carbocycles. The number of hydrogen-bond donors (Lipinski definition) is 1. The fraction of sp³-hybridized carbons (Fsp3) is 0.706. The van der Waals surface area contributed by atoms with Crippen LogP contribution in [0.3, 0.4) is 0 Å². The van der Waals surface area contributed by atoms with E-state index in [9.17, 15) is 0 Å². The molecule has 1 aromatic heterocycles. The number of piperazine rings is 1. The summed E-state index contributed by atoms with van der Waals surface area (Å²) < 4.78 is 0. The summed E-state index contributed by atoms with van der Waals surface area (Å²) in [4.78, 5) is 9.55. The van der Waals surface area contributed by atoms with Gasteiger partial charge in [-0.2, -0.15) is 0 Å². The van der Waals surface area contributed by atoms with Gasteiger partial charge in [-0.3, -0.25) is 4.90 Å². The van der Waals surface area contributed by atoms with E-state index in [-0.39, 0.29) is 0 Å². The lowest BCUT2D eigenvalue weighted by molar-refractivity contribution is 0.146. The molecule has 2 aliphatic heterocycles. The first kappa shape index (κ1) is 14.8. The molecule has 116 valence electrons. The standard InChI is InChI=1S/C17H28N4/c1-2-6-17(7-9-18-14-17)15-20-10-12-21(13-11-20)16-5-3-4-8-19-16/h3-5,8,18H,2,6-7,9-15H2,1H3. The first-order valence-electron chi connectivity index (χ1n) is 8.40. The Labute approximate surface area is 128 Å². The molecule has 4 heteroatoms. The Bertz CT molecular complexity index is 420. The van der Waals surface area contributed by atoms with Crippen LogP contribution in [0.1, 0.15) is 26.2 Å². The van der Waals surface area contributed by atoms with Crippen LogP contribution in [0.4, 0.5) is 5.82 Å². The van der Waals surface area contributed by atoms with Crippen molar-refractivity contribution in [1.29, 1.82) is 0 Å². The van der Waals surface area contributed by atoms with Crippen LogP contribution in [0.15, 0.2) is 24.4 Å². The molecular weight excluding hydrogens is 260 g/mol. The van der Waals surface area contributed by atoms with E-state index in [2.05, 4.69) is 39.2 Å². The fourth-order valence-electron chi connectivity index (χ4n) is 3.90. The summed E-state index contributed by atoms with van der Waals surface area (Å²) in [5, 5.41) is 3.58. The van der Waals surface area contributed by atoms with Crippen molar-refractivity contribution < 1.29 is 0 Å². The van der Waals surface area contributed by atoms with Gasteiger partial charge in [0.2, 0.25) is 0 Å². The SMILES string of the molecule is CCCC1(CN2CCN(c3ccccn3)CC2)CCNC1. The van der Waals surface area contributed by atoms with Gasteiger partial charge < -0.3 is 10.2 Å². The van der Waals surface area contributed by atoms with E-state index >= 15 is 0 Å². The predicted molar refractivity (Wildman–Crippen MR) is 87.7 cm³/mol. The summed E-state index contributed by atoms with van der Waals surface area (Å²) in [6, 6.07) is 6.19. The molecular formula is C17H28N4. The molecule has 0 radical (unpaired) electrons. The maximum Gasteiger partial charge on any atom is 0.128 e. The molecule has 0 spiro atoms. The van der Waals surface area contributed by atoms with Gasteiger partial charge in [0.25, 0.3) is 0 Å². The summed E-state index contributed by atoms with van der Waals surface area (Å²) in [6.45, 7) is 10.5. The van der Waals surface area contributed by atoms with Crippen LogP contribution in [0.2, 0.25) is 0 Å². The largest absolute Gasteiger partial charge is 0.354 e. The number of anilines is 1. The molecule has 0 aliphatic carbocycles. The fourth-order valence-corrected chi connectivity index (χ4v) is 3.90. The average Bonchev–Trinajstić information content (AvgIpc) is 2.98. The van der Waals surface area contributed by atoms with Crippen LogP contribution in [-0.2, 0) is 0 Å². The van der Waals surface area contributed by atoms with Gasteiger partial charge in [0.15, 0.2) is 0 Å². The maximum atomic E-state index is 4.47. The lowest BCUT2D eigenvalue weighted by atomic mass is 9.82. The zero-order chi connectivity index (χ0) is 14.5. The van der Waals surface area contributed by atoms with Crippen LogP contribution < -0.4 is 10.2 Å². The monoisotopic (exact) mass is 288 g/mol. The third-order valence-electron chi connectivity index (χ3n) is 5.02. The van der Waals surface area contributed by atoms with E-state index < -0.39 is 0 Å². The van der Waals surface area contributed by atoms with Crippen molar-refractivity contribution in [2.24, 2.45) is 5.41 Å². The zero-order valence-electron chi connectivity index (χ0n) is 13.2. The van der Waals surface area contributed by atoms with Crippen LogP contribution in [0.25, 0.3) is 0 Å². The number of rotatable bonds is 5.